The molecule has 13 heavy (non-hydrogen) atoms. The lowest BCUT2D eigenvalue weighted by Gasteiger charge is -1.95. The van der Waals surface area contributed by atoms with E-state index in [1.54, 1.807) is 7.05 Å². The van der Waals surface area contributed by atoms with Gasteiger partial charge in [-0.1, -0.05) is 5.10 Å². The zero-order valence-corrected chi connectivity index (χ0v) is 6.90. The van der Waals surface area contributed by atoms with E-state index >= 15 is 0 Å². The number of nitrogens with one attached hydrogen (secondary N) is 2. The Labute approximate surface area is 73.3 Å². The van der Waals surface area contributed by atoms with Gasteiger partial charge in [-0.25, -0.2) is 0 Å². The van der Waals surface area contributed by atoms with E-state index in [9.17, 15) is 14.9 Å². The summed E-state index contributed by atoms with van der Waals surface area (Å²) in [7, 11) is 1.59. The number of carbonyl (C=O) groups is 1. The molecule has 70 valence electrons. The van der Waals surface area contributed by atoms with E-state index < -0.39 is 4.92 Å². The second kappa shape index (κ2) is 3.76. The lowest BCUT2D eigenvalue weighted by atomic mass is 10.2. The second-order valence-electron chi connectivity index (χ2n) is 2.34. The van der Waals surface area contributed by atoms with Gasteiger partial charge in [-0.2, -0.15) is 0 Å². The Bertz CT molecular complexity index is 332. The summed E-state index contributed by atoms with van der Waals surface area (Å²) < 4.78 is 0. The summed E-state index contributed by atoms with van der Waals surface area (Å²) in [5.41, 5.74) is -0.000602. The summed E-state index contributed by atoms with van der Waals surface area (Å²) in [6.07, 6.45) is 1.15. The second-order valence-corrected chi connectivity index (χ2v) is 2.34. The van der Waals surface area contributed by atoms with E-state index in [0.717, 1.165) is 6.20 Å². The Hall–Kier alpha value is -1.76. The van der Waals surface area contributed by atoms with Crippen molar-refractivity contribution in [2.45, 2.75) is 0 Å². The molecular formula is C6H8N4O3. The van der Waals surface area contributed by atoms with Gasteiger partial charge >= 0.3 is 5.82 Å². The van der Waals surface area contributed by atoms with Gasteiger partial charge in [-0.05, 0) is 12.0 Å². The van der Waals surface area contributed by atoms with Crippen molar-refractivity contribution >= 4 is 11.6 Å². The number of nitrogens with zero attached hydrogens (tertiary/aromatic N) is 2. The van der Waals surface area contributed by atoms with Crippen LogP contribution in [-0.2, 0) is 0 Å². The number of aromatic nitrogens is 2. The van der Waals surface area contributed by atoms with Crippen molar-refractivity contribution in [2.75, 3.05) is 13.6 Å². The van der Waals surface area contributed by atoms with Gasteiger partial charge in [0.15, 0.2) is 5.78 Å². The molecule has 7 heteroatoms. The van der Waals surface area contributed by atoms with E-state index in [2.05, 4.69) is 15.5 Å². The summed E-state index contributed by atoms with van der Waals surface area (Å²) in [5, 5.41) is 18.5. The number of likely N-dealkylation sites (N-methyl/N-ethyl adjacent to an activating group) is 1. The van der Waals surface area contributed by atoms with E-state index in [1.165, 1.54) is 0 Å². The molecule has 0 unspecified atom stereocenters. The average molecular weight is 184 g/mol. The van der Waals surface area contributed by atoms with Gasteiger partial charge in [0.25, 0.3) is 0 Å². The smallest absolute Gasteiger partial charge is 0.353 e. The zero-order chi connectivity index (χ0) is 9.84. The van der Waals surface area contributed by atoms with Crippen LogP contribution in [-0.4, -0.2) is 34.5 Å². The summed E-state index contributed by atoms with van der Waals surface area (Å²) >= 11 is 0. The van der Waals surface area contributed by atoms with Crippen LogP contribution in [0.3, 0.4) is 0 Å². The zero-order valence-electron chi connectivity index (χ0n) is 6.90. The summed E-state index contributed by atoms with van der Waals surface area (Å²) in [6, 6.07) is 0. The molecule has 0 aliphatic carbocycles. The van der Waals surface area contributed by atoms with Crippen molar-refractivity contribution in [2.24, 2.45) is 0 Å². The SMILES string of the molecule is CNCC(=O)c1cn[nH]c1[N+](=O)[O-]. The van der Waals surface area contributed by atoms with Gasteiger partial charge < -0.3 is 15.4 Å². The van der Waals surface area contributed by atoms with Crippen molar-refractivity contribution < 1.29 is 9.72 Å². The molecule has 0 aliphatic rings. The lowest BCUT2D eigenvalue weighted by molar-refractivity contribution is -0.389. The monoisotopic (exact) mass is 184 g/mol. The first kappa shape index (κ1) is 9.33. The number of nitro groups is 1. The van der Waals surface area contributed by atoms with Crippen LogP contribution in [0, 0.1) is 10.1 Å². The molecule has 1 aromatic heterocycles. The molecule has 7 nitrogen and oxygen atoms in total. The number of aromatic amines is 1. The van der Waals surface area contributed by atoms with E-state index in [1.807, 2.05) is 0 Å². The number of Topliss-reactive ketones (excluding diaryl/α,β-unsaturated/α-hetero) is 1. The molecule has 0 aliphatic heterocycles. The minimum absolute atomic E-state index is 0.000602. The van der Waals surface area contributed by atoms with Gasteiger partial charge in [0, 0.05) is 0 Å². The molecule has 0 atom stereocenters. The van der Waals surface area contributed by atoms with Crippen LogP contribution in [0.2, 0.25) is 0 Å². The third kappa shape index (κ3) is 1.88. The topological polar surface area (TPSA) is 101 Å². The Morgan fingerprint density at radius 2 is 2.54 bits per heavy atom. The van der Waals surface area contributed by atoms with Crippen molar-refractivity contribution in [3.05, 3.63) is 21.9 Å². The van der Waals surface area contributed by atoms with Gasteiger partial charge in [0.1, 0.15) is 5.56 Å². The number of ketones is 1. The quantitative estimate of drug-likeness (QED) is 0.380. The number of carbonyl (C=O) groups excluding carboxylic acids is 1. The van der Waals surface area contributed by atoms with Crippen LogP contribution in [0.15, 0.2) is 6.20 Å². The fourth-order valence-corrected chi connectivity index (χ4v) is 0.878. The van der Waals surface area contributed by atoms with Crippen LogP contribution in [0.4, 0.5) is 5.82 Å². The minimum atomic E-state index is -0.671. The molecule has 0 spiro atoms. The van der Waals surface area contributed by atoms with E-state index in [-0.39, 0.29) is 23.7 Å². The standard InChI is InChI=1S/C6H8N4O3/c1-7-3-5(11)4-2-8-9-6(4)10(12)13/h2,7H,3H2,1H3,(H,8,9). The molecule has 1 heterocycles. The first-order valence-electron chi connectivity index (χ1n) is 3.52. The highest BCUT2D eigenvalue weighted by atomic mass is 16.6. The molecule has 0 radical (unpaired) electrons. The summed E-state index contributed by atoms with van der Waals surface area (Å²) in [6.45, 7) is 0.0559. The van der Waals surface area contributed by atoms with Crippen LogP contribution >= 0.6 is 0 Å². The molecule has 1 aromatic rings. The van der Waals surface area contributed by atoms with Crippen molar-refractivity contribution in [1.82, 2.24) is 15.5 Å². The van der Waals surface area contributed by atoms with Crippen LogP contribution in [0.25, 0.3) is 0 Å². The number of rotatable bonds is 4. The Morgan fingerprint density at radius 3 is 3.08 bits per heavy atom. The molecule has 2 N–H and O–H groups in total. The van der Waals surface area contributed by atoms with Crippen molar-refractivity contribution in [3.8, 4) is 0 Å². The first-order valence-corrected chi connectivity index (χ1v) is 3.52. The third-order valence-corrected chi connectivity index (χ3v) is 1.44. The largest absolute Gasteiger partial charge is 0.358 e. The van der Waals surface area contributed by atoms with Crippen molar-refractivity contribution in [3.63, 3.8) is 0 Å². The predicted molar refractivity (Wildman–Crippen MR) is 43.5 cm³/mol. The molecule has 0 fully saturated rings. The maximum atomic E-state index is 11.2. The highest BCUT2D eigenvalue weighted by Gasteiger charge is 2.20. The third-order valence-electron chi connectivity index (χ3n) is 1.44. The van der Waals surface area contributed by atoms with Crippen LogP contribution in [0.1, 0.15) is 10.4 Å². The number of hydrogen-bond acceptors (Lipinski definition) is 5. The molecule has 0 bridgehead atoms. The van der Waals surface area contributed by atoms with Gasteiger partial charge in [-0.3, -0.25) is 4.79 Å². The number of H-pyrrole nitrogens is 1. The van der Waals surface area contributed by atoms with E-state index in [0.29, 0.717) is 0 Å². The minimum Gasteiger partial charge on any atom is -0.358 e. The van der Waals surface area contributed by atoms with Gasteiger partial charge in [0.05, 0.1) is 12.7 Å². The number of hydrogen-bond donors (Lipinski definition) is 2. The van der Waals surface area contributed by atoms with Gasteiger partial charge in [0.2, 0.25) is 0 Å². The maximum Gasteiger partial charge on any atom is 0.353 e. The van der Waals surface area contributed by atoms with Crippen molar-refractivity contribution in [1.29, 1.82) is 0 Å². The Kier molecular flexibility index (Phi) is 2.70. The highest BCUT2D eigenvalue weighted by molar-refractivity contribution is 6.00. The molecule has 0 amide bonds. The first-order chi connectivity index (χ1) is 6.16. The lowest BCUT2D eigenvalue weighted by Crippen LogP contribution is -2.18. The Morgan fingerprint density at radius 1 is 1.85 bits per heavy atom. The van der Waals surface area contributed by atoms with Crippen LogP contribution in [0.5, 0.6) is 0 Å². The molecule has 0 aromatic carbocycles. The fraction of sp³-hybridized carbons (Fsp3) is 0.333. The molecule has 1 rings (SSSR count). The van der Waals surface area contributed by atoms with Crippen LogP contribution < -0.4 is 5.32 Å². The molecule has 0 saturated carbocycles. The Balaban J connectivity index is 2.93. The fourth-order valence-electron chi connectivity index (χ4n) is 0.878. The summed E-state index contributed by atoms with van der Waals surface area (Å²) in [4.78, 5) is 20.9. The normalized spacial score (nSPS) is 9.92. The molecule has 0 saturated heterocycles. The summed E-state index contributed by atoms with van der Waals surface area (Å²) in [5.74, 6) is -0.719. The maximum absolute atomic E-state index is 11.2. The molecular weight excluding hydrogens is 176 g/mol. The highest BCUT2D eigenvalue weighted by Crippen LogP contribution is 2.13. The average Bonchev–Trinajstić information content (AvgIpc) is 2.52. The predicted octanol–water partition coefficient (Wildman–Crippen LogP) is -0.280. The van der Waals surface area contributed by atoms with E-state index in [4.69, 9.17) is 0 Å². The van der Waals surface area contributed by atoms with Gasteiger partial charge in [-0.15, -0.1) is 5.10 Å².